The van der Waals surface area contributed by atoms with E-state index in [1.165, 1.54) is 13.2 Å². The molecule has 0 aliphatic rings. The van der Waals surface area contributed by atoms with Crippen LogP contribution in [0.2, 0.25) is 0 Å². The van der Waals surface area contributed by atoms with Crippen molar-refractivity contribution in [2.75, 3.05) is 13.7 Å². The molecule has 0 aliphatic heterocycles. The maximum absolute atomic E-state index is 12.6. The maximum atomic E-state index is 12.6. The van der Waals surface area contributed by atoms with Crippen molar-refractivity contribution in [2.24, 2.45) is 0 Å². The number of urea groups is 1. The Morgan fingerprint density at radius 1 is 1.15 bits per heavy atom. The van der Waals surface area contributed by atoms with Gasteiger partial charge in [-0.05, 0) is 19.1 Å². The number of benzene rings is 2. The van der Waals surface area contributed by atoms with Gasteiger partial charge < -0.3 is 14.8 Å². The predicted molar refractivity (Wildman–Crippen MR) is 94.7 cm³/mol. The number of nitriles is 1. The lowest BCUT2D eigenvalue weighted by atomic mass is 10.1. The van der Waals surface area contributed by atoms with E-state index >= 15 is 0 Å². The Labute approximate surface area is 151 Å². The lowest BCUT2D eigenvalue weighted by Crippen LogP contribution is -2.42. The molecule has 2 N–H and O–H groups in total. The van der Waals surface area contributed by atoms with Crippen molar-refractivity contribution in [3.05, 3.63) is 59.7 Å². The van der Waals surface area contributed by atoms with Gasteiger partial charge in [-0.2, -0.15) is 5.26 Å². The van der Waals surface area contributed by atoms with Crippen molar-refractivity contribution in [1.29, 1.82) is 5.26 Å². The van der Waals surface area contributed by atoms with Crippen LogP contribution in [0.15, 0.2) is 48.5 Å². The molecule has 0 saturated heterocycles. The molecule has 0 aliphatic carbocycles. The number of ether oxygens (including phenoxy) is 2. The fourth-order valence-corrected chi connectivity index (χ4v) is 2.24. The van der Waals surface area contributed by atoms with Crippen LogP contribution in [0, 0.1) is 11.3 Å². The first kappa shape index (κ1) is 18.8. The second-order valence-electron chi connectivity index (χ2n) is 5.23. The zero-order valence-corrected chi connectivity index (χ0v) is 14.5. The first-order chi connectivity index (χ1) is 12.6. The van der Waals surface area contributed by atoms with Crippen LogP contribution in [0.3, 0.4) is 0 Å². The molecule has 0 spiro atoms. The molecule has 134 valence electrons. The third-order valence-corrected chi connectivity index (χ3v) is 3.45. The van der Waals surface area contributed by atoms with Crippen LogP contribution < -0.4 is 20.1 Å². The van der Waals surface area contributed by atoms with E-state index in [-0.39, 0.29) is 5.75 Å². The number of methoxy groups -OCH3 is 1. The van der Waals surface area contributed by atoms with E-state index in [9.17, 15) is 9.59 Å². The molecule has 7 heteroatoms. The standard InChI is InChI=1S/C19H19N3O4/c1-3-21-19(24)22-18(23)17(14-7-5-4-6-8-14)26-15-10-9-13(12-20)11-16(15)25-2/h4-11,17H,3H2,1-2H3,(H2,21,22,23,24)/t17-/m1/s1. The van der Waals surface area contributed by atoms with Crippen molar-refractivity contribution in [3.63, 3.8) is 0 Å². The zero-order chi connectivity index (χ0) is 18.9. The Balaban J connectivity index is 2.32. The fraction of sp³-hybridized carbons (Fsp3) is 0.211. The van der Waals surface area contributed by atoms with E-state index in [0.29, 0.717) is 23.4 Å². The molecule has 0 radical (unpaired) electrons. The second kappa shape index (κ2) is 9.08. The third-order valence-electron chi connectivity index (χ3n) is 3.45. The number of hydrogen-bond acceptors (Lipinski definition) is 5. The maximum Gasteiger partial charge on any atom is 0.321 e. The Hall–Kier alpha value is -3.53. The summed E-state index contributed by atoms with van der Waals surface area (Å²) in [6, 6.07) is 14.8. The normalized spacial score (nSPS) is 11.0. The molecule has 0 fully saturated rings. The summed E-state index contributed by atoms with van der Waals surface area (Å²) in [6.45, 7) is 2.14. The van der Waals surface area contributed by atoms with E-state index in [0.717, 1.165) is 0 Å². The van der Waals surface area contributed by atoms with Crippen LogP contribution in [0.1, 0.15) is 24.2 Å². The summed E-state index contributed by atoms with van der Waals surface area (Å²) in [5.41, 5.74) is 0.970. The Morgan fingerprint density at radius 2 is 1.88 bits per heavy atom. The third kappa shape index (κ3) is 4.74. The minimum atomic E-state index is -1.07. The lowest BCUT2D eigenvalue weighted by molar-refractivity contribution is -0.127. The highest BCUT2D eigenvalue weighted by atomic mass is 16.5. The molecule has 3 amide bonds. The Morgan fingerprint density at radius 3 is 2.50 bits per heavy atom. The van der Waals surface area contributed by atoms with Gasteiger partial charge in [-0.15, -0.1) is 0 Å². The van der Waals surface area contributed by atoms with Gasteiger partial charge in [-0.25, -0.2) is 4.79 Å². The largest absolute Gasteiger partial charge is 0.493 e. The highest BCUT2D eigenvalue weighted by Gasteiger charge is 2.25. The molecule has 2 aromatic rings. The average molecular weight is 353 g/mol. The molecule has 2 rings (SSSR count). The number of nitrogens with zero attached hydrogens (tertiary/aromatic N) is 1. The summed E-state index contributed by atoms with van der Waals surface area (Å²) in [5.74, 6) is -0.0178. The van der Waals surface area contributed by atoms with Gasteiger partial charge in [0.15, 0.2) is 11.5 Å². The summed E-state index contributed by atoms with van der Waals surface area (Å²) in [5, 5.41) is 13.7. The van der Waals surface area contributed by atoms with Gasteiger partial charge in [0.1, 0.15) is 0 Å². The first-order valence-electron chi connectivity index (χ1n) is 7.97. The molecular weight excluding hydrogens is 334 g/mol. The van der Waals surface area contributed by atoms with Crippen LogP contribution >= 0.6 is 0 Å². The number of rotatable bonds is 6. The zero-order valence-electron chi connectivity index (χ0n) is 14.5. The minimum absolute atomic E-state index is 0.284. The summed E-state index contributed by atoms with van der Waals surface area (Å²) in [6.07, 6.45) is -1.07. The van der Waals surface area contributed by atoms with Crippen molar-refractivity contribution in [3.8, 4) is 17.6 Å². The summed E-state index contributed by atoms with van der Waals surface area (Å²) in [7, 11) is 1.44. The quantitative estimate of drug-likeness (QED) is 0.831. The van der Waals surface area contributed by atoms with Crippen LogP contribution in [-0.4, -0.2) is 25.6 Å². The predicted octanol–water partition coefficient (Wildman–Crippen LogP) is 2.53. The number of imide groups is 1. The van der Waals surface area contributed by atoms with E-state index in [2.05, 4.69) is 10.6 Å². The SMILES string of the molecule is CCNC(=O)NC(=O)[C@H](Oc1ccc(C#N)cc1OC)c1ccccc1. The van der Waals surface area contributed by atoms with Crippen molar-refractivity contribution in [2.45, 2.75) is 13.0 Å². The Bertz CT molecular complexity index is 815. The van der Waals surface area contributed by atoms with Gasteiger partial charge in [0.25, 0.3) is 5.91 Å². The summed E-state index contributed by atoms with van der Waals surface area (Å²) >= 11 is 0. The van der Waals surface area contributed by atoms with E-state index in [1.807, 2.05) is 12.1 Å². The molecule has 0 aromatic heterocycles. The van der Waals surface area contributed by atoms with E-state index in [4.69, 9.17) is 14.7 Å². The molecule has 26 heavy (non-hydrogen) atoms. The molecule has 0 unspecified atom stereocenters. The monoisotopic (exact) mass is 353 g/mol. The van der Waals surface area contributed by atoms with E-state index in [1.54, 1.807) is 43.3 Å². The average Bonchev–Trinajstić information content (AvgIpc) is 2.66. The molecule has 0 saturated carbocycles. The van der Waals surface area contributed by atoms with Gasteiger partial charge in [-0.1, -0.05) is 30.3 Å². The lowest BCUT2D eigenvalue weighted by Gasteiger charge is -2.20. The topological polar surface area (TPSA) is 100 Å². The molecule has 7 nitrogen and oxygen atoms in total. The van der Waals surface area contributed by atoms with Crippen LogP contribution in [0.5, 0.6) is 11.5 Å². The van der Waals surface area contributed by atoms with Crippen molar-refractivity contribution >= 4 is 11.9 Å². The van der Waals surface area contributed by atoms with Crippen LogP contribution in [0.25, 0.3) is 0 Å². The second-order valence-corrected chi connectivity index (χ2v) is 5.23. The van der Waals surface area contributed by atoms with Gasteiger partial charge in [0.05, 0.1) is 18.7 Å². The van der Waals surface area contributed by atoms with Crippen LogP contribution in [-0.2, 0) is 4.79 Å². The van der Waals surface area contributed by atoms with Gasteiger partial charge in [0.2, 0.25) is 6.10 Å². The molecule has 0 bridgehead atoms. The number of amides is 3. The Kier molecular flexibility index (Phi) is 6.57. The summed E-state index contributed by atoms with van der Waals surface area (Å²) in [4.78, 5) is 24.3. The van der Waals surface area contributed by atoms with Crippen molar-refractivity contribution in [1.82, 2.24) is 10.6 Å². The van der Waals surface area contributed by atoms with Crippen molar-refractivity contribution < 1.29 is 19.1 Å². The molecule has 2 aromatic carbocycles. The molecule has 1 atom stereocenters. The number of carbonyl (C=O) groups excluding carboxylic acids is 2. The molecular formula is C19H19N3O4. The fourth-order valence-electron chi connectivity index (χ4n) is 2.24. The smallest absolute Gasteiger partial charge is 0.321 e. The van der Waals surface area contributed by atoms with E-state index < -0.39 is 18.0 Å². The highest BCUT2D eigenvalue weighted by Crippen LogP contribution is 2.32. The van der Waals surface area contributed by atoms with Gasteiger partial charge in [0, 0.05) is 18.2 Å². The summed E-state index contributed by atoms with van der Waals surface area (Å²) < 4.78 is 11.1. The van der Waals surface area contributed by atoms with Crippen LogP contribution in [0.4, 0.5) is 4.79 Å². The first-order valence-corrected chi connectivity index (χ1v) is 7.97. The number of hydrogen-bond donors (Lipinski definition) is 2. The molecule has 0 heterocycles. The van der Waals surface area contributed by atoms with Gasteiger partial charge >= 0.3 is 6.03 Å². The number of carbonyl (C=O) groups is 2. The van der Waals surface area contributed by atoms with Gasteiger partial charge in [-0.3, -0.25) is 10.1 Å². The number of nitrogens with one attached hydrogen (secondary N) is 2. The minimum Gasteiger partial charge on any atom is -0.493 e. The highest BCUT2D eigenvalue weighted by molar-refractivity contribution is 5.97.